The molecular weight excluding hydrogens is 264 g/mol. The molecular formula is C18H20O3. The summed E-state index contributed by atoms with van der Waals surface area (Å²) in [6, 6.07) is 13.7. The molecule has 0 heterocycles. The second-order valence-electron chi connectivity index (χ2n) is 5.44. The molecule has 3 heteroatoms. The first-order valence-corrected chi connectivity index (χ1v) is 7.22. The molecule has 0 bridgehead atoms. The van der Waals surface area contributed by atoms with Crippen molar-refractivity contribution in [3.8, 4) is 11.5 Å². The van der Waals surface area contributed by atoms with Gasteiger partial charge in [-0.1, -0.05) is 24.3 Å². The van der Waals surface area contributed by atoms with Gasteiger partial charge in [-0.25, -0.2) is 0 Å². The molecule has 0 fully saturated rings. The molecule has 1 N–H and O–H groups in total. The largest absolute Gasteiger partial charge is 0.497 e. The lowest BCUT2D eigenvalue weighted by Crippen LogP contribution is -2.32. The molecule has 0 radical (unpaired) electrons. The highest BCUT2D eigenvalue weighted by Crippen LogP contribution is 2.44. The summed E-state index contributed by atoms with van der Waals surface area (Å²) < 4.78 is 10.7. The first kappa shape index (κ1) is 14.0. The highest BCUT2D eigenvalue weighted by molar-refractivity contribution is 5.51. The van der Waals surface area contributed by atoms with Crippen molar-refractivity contribution in [2.24, 2.45) is 0 Å². The third kappa shape index (κ3) is 2.28. The summed E-state index contributed by atoms with van der Waals surface area (Å²) in [5, 5.41) is 11.3. The summed E-state index contributed by atoms with van der Waals surface area (Å²) in [5.41, 5.74) is 2.01. The Labute approximate surface area is 125 Å². The molecule has 0 amide bonds. The molecule has 0 spiro atoms. The van der Waals surface area contributed by atoms with Crippen molar-refractivity contribution in [3.05, 3.63) is 59.2 Å². The van der Waals surface area contributed by atoms with Gasteiger partial charge in [-0.2, -0.15) is 0 Å². The summed E-state index contributed by atoms with van der Waals surface area (Å²) in [4.78, 5) is 0. The second kappa shape index (κ2) is 5.41. The third-order valence-electron chi connectivity index (χ3n) is 4.30. The molecule has 3 nitrogen and oxygen atoms in total. The average molecular weight is 284 g/mol. The molecule has 2 aromatic rings. The Balaban J connectivity index is 2.16. The van der Waals surface area contributed by atoms with Crippen molar-refractivity contribution in [1.82, 2.24) is 0 Å². The molecule has 0 saturated heterocycles. The number of rotatable bonds is 3. The van der Waals surface area contributed by atoms with Crippen LogP contribution in [0.3, 0.4) is 0 Å². The van der Waals surface area contributed by atoms with Crippen molar-refractivity contribution in [3.63, 3.8) is 0 Å². The minimum absolute atomic E-state index is 0.661. The van der Waals surface area contributed by atoms with Crippen LogP contribution in [-0.2, 0) is 12.0 Å². The normalized spacial score (nSPS) is 20.7. The Morgan fingerprint density at radius 2 is 1.81 bits per heavy atom. The van der Waals surface area contributed by atoms with Crippen LogP contribution in [0.15, 0.2) is 42.5 Å². The zero-order chi connectivity index (χ0) is 14.9. The maximum atomic E-state index is 11.3. The molecule has 0 saturated carbocycles. The molecule has 1 unspecified atom stereocenters. The molecule has 1 aliphatic carbocycles. The Morgan fingerprint density at radius 1 is 1.00 bits per heavy atom. The topological polar surface area (TPSA) is 38.7 Å². The monoisotopic (exact) mass is 284 g/mol. The van der Waals surface area contributed by atoms with Crippen LogP contribution in [-0.4, -0.2) is 19.3 Å². The van der Waals surface area contributed by atoms with Crippen LogP contribution < -0.4 is 9.47 Å². The Morgan fingerprint density at radius 3 is 2.57 bits per heavy atom. The van der Waals surface area contributed by atoms with Crippen molar-refractivity contribution in [2.45, 2.75) is 24.9 Å². The number of fused-ring (bicyclic) bond motifs is 1. The predicted octanol–water partition coefficient (Wildman–Crippen LogP) is 3.28. The highest BCUT2D eigenvalue weighted by atomic mass is 16.5. The Bertz CT molecular complexity index is 651. The van der Waals surface area contributed by atoms with E-state index >= 15 is 0 Å². The summed E-state index contributed by atoms with van der Waals surface area (Å²) in [6.07, 6.45) is 2.67. The van der Waals surface area contributed by atoms with E-state index in [1.165, 1.54) is 5.56 Å². The van der Waals surface area contributed by atoms with Crippen molar-refractivity contribution in [2.75, 3.05) is 14.2 Å². The van der Waals surface area contributed by atoms with E-state index in [9.17, 15) is 5.11 Å². The molecule has 1 atom stereocenters. The van der Waals surface area contributed by atoms with E-state index in [2.05, 4.69) is 6.07 Å². The lowest BCUT2D eigenvalue weighted by Gasteiger charge is -2.36. The standard InChI is InChI=1S/C18H20O3/c1-20-14-9-10-16(17(12-14)21-2)18(19)11-5-7-13-6-3-4-8-15(13)18/h3-4,6,8-10,12,19H,5,7,11H2,1-2H3. The van der Waals surface area contributed by atoms with Gasteiger partial charge in [0.25, 0.3) is 0 Å². The van der Waals surface area contributed by atoms with E-state index in [4.69, 9.17) is 9.47 Å². The van der Waals surface area contributed by atoms with Crippen LogP contribution in [0.25, 0.3) is 0 Å². The van der Waals surface area contributed by atoms with Crippen LogP contribution in [0.2, 0.25) is 0 Å². The number of benzene rings is 2. The minimum Gasteiger partial charge on any atom is -0.497 e. The minimum atomic E-state index is -0.994. The molecule has 21 heavy (non-hydrogen) atoms. The van der Waals surface area contributed by atoms with Crippen LogP contribution in [0.4, 0.5) is 0 Å². The quantitative estimate of drug-likeness (QED) is 0.940. The van der Waals surface area contributed by atoms with Crippen molar-refractivity contribution < 1.29 is 14.6 Å². The van der Waals surface area contributed by atoms with Crippen LogP contribution >= 0.6 is 0 Å². The van der Waals surface area contributed by atoms with Crippen molar-refractivity contribution >= 4 is 0 Å². The molecule has 0 aliphatic heterocycles. The van der Waals surface area contributed by atoms with Gasteiger partial charge in [-0.05, 0) is 42.5 Å². The maximum absolute atomic E-state index is 11.3. The van der Waals surface area contributed by atoms with E-state index in [0.717, 1.165) is 29.7 Å². The zero-order valence-corrected chi connectivity index (χ0v) is 12.4. The van der Waals surface area contributed by atoms with Crippen LogP contribution in [0, 0.1) is 0 Å². The second-order valence-corrected chi connectivity index (χ2v) is 5.44. The van der Waals surface area contributed by atoms with Gasteiger partial charge < -0.3 is 14.6 Å². The fourth-order valence-corrected chi connectivity index (χ4v) is 3.23. The number of hydrogen-bond acceptors (Lipinski definition) is 3. The van der Waals surface area contributed by atoms with Gasteiger partial charge in [0.1, 0.15) is 17.1 Å². The van der Waals surface area contributed by atoms with Crippen molar-refractivity contribution in [1.29, 1.82) is 0 Å². The number of methoxy groups -OCH3 is 2. The van der Waals surface area contributed by atoms with Gasteiger partial charge in [0.05, 0.1) is 14.2 Å². The van der Waals surface area contributed by atoms with E-state index in [1.54, 1.807) is 14.2 Å². The van der Waals surface area contributed by atoms with Gasteiger partial charge in [0, 0.05) is 11.6 Å². The number of hydrogen-bond donors (Lipinski definition) is 1. The third-order valence-corrected chi connectivity index (χ3v) is 4.30. The van der Waals surface area contributed by atoms with Crippen LogP contribution in [0.5, 0.6) is 11.5 Å². The van der Waals surface area contributed by atoms with E-state index < -0.39 is 5.60 Å². The zero-order valence-electron chi connectivity index (χ0n) is 12.4. The van der Waals surface area contributed by atoms with Gasteiger partial charge in [0.15, 0.2) is 0 Å². The number of aryl methyl sites for hydroxylation is 1. The summed E-state index contributed by atoms with van der Waals surface area (Å²) in [6.45, 7) is 0. The maximum Gasteiger partial charge on any atom is 0.128 e. The molecule has 0 aromatic heterocycles. The van der Waals surface area contributed by atoms with Gasteiger partial charge in [-0.15, -0.1) is 0 Å². The SMILES string of the molecule is COc1ccc(C2(O)CCCc3ccccc32)c(OC)c1. The first-order chi connectivity index (χ1) is 10.2. The van der Waals surface area contributed by atoms with Crippen LogP contribution in [0.1, 0.15) is 29.5 Å². The lowest BCUT2D eigenvalue weighted by molar-refractivity contribution is 0.0589. The average Bonchev–Trinajstić information content (AvgIpc) is 2.54. The molecule has 110 valence electrons. The summed E-state index contributed by atoms with van der Waals surface area (Å²) in [5.74, 6) is 1.39. The Hall–Kier alpha value is -2.00. The Kier molecular flexibility index (Phi) is 3.60. The fourth-order valence-electron chi connectivity index (χ4n) is 3.23. The molecule has 3 rings (SSSR count). The highest BCUT2D eigenvalue weighted by Gasteiger charge is 2.38. The van der Waals surface area contributed by atoms with Gasteiger partial charge >= 0.3 is 0 Å². The predicted molar refractivity (Wildman–Crippen MR) is 81.9 cm³/mol. The van der Waals surface area contributed by atoms with Gasteiger partial charge in [-0.3, -0.25) is 0 Å². The summed E-state index contributed by atoms with van der Waals surface area (Å²) >= 11 is 0. The molecule has 1 aliphatic rings. The summed E-state index contributed by atoms with van der Waals surface area (Å²) in [7, 11) is 3.25. The molecule has 2 aromatic carbocycles. The number of aliphatic hydroxyl groups is 1. The first-order valence-electron chi connectivity index (χ1n) is 7.22. The fraction of sp³-hybridized carbons (Fsp3) is 0.333. The lowest BCUT2D eigenvalue weighted by atomic mass is 9.75. The smallest absolute Gasteiger partial charge is 0.128 e. The van der Waals surface area contributed by atoms with Gasteiger partial charge in [0.2, 0.25) is 0 Å². The van der Waals surface area contributed by atoms with E-state index in [-0.39, 0.29) is 0 Å². The number of ether oxygens (including phenoxy) is 2. The van der Waals surface area contributed by atoms with E-state index in [0.29, 0.717) is 12.2 Å². The van der Waals surface area contributed by atoms with E-state index in [1.807, 2.05) is 36.4 Å².